The van der Waals surface area contributed by atoms with Gasteiger partial charge in [-0.2, -0.15) is 0 Å². The Bertz CT molecular complexity index is 403. The third-order valence-corrected chi connectivity index (χ3v) is 3.43. The third kappa shape index (κ3) is 3.51. The molecule has 1 aromatic carbocycles. The number of benzene rings is 1. The lowest BCUT2D eigenvalue weighted by molar-refractivity contribution is -0.0617. The van der Waals surface area contributed by atoms with Gasteiger partial charge in [-0.15, -0.1) is 0 Å². The summed E-state index contributed by atoms with van der Waals surface area (Å²) in [5.41, 5.74) is 1.02. The lowest BCUT2D eigenvalue weighted by Crippen LogP contribution is -2.44. The first kappa shape index (κ1) is 13.5. The van der Waals surface area contributed by atoms with Crippen molar-refractivity contribution in [3.8, 4) is 0 Å². The van der Waals surface area contributed by atoms with Gasteiger partial charge in [0.25, 0.3) is 0 Å². The Hall–Kier alpha value is -0.970. The van der Waals surface area contributed by atoms with Gasteiger partial charge in [-0.05, 0) is 24.1 Å². The molecule has 4 heteroatoms. The molecule has 0 bridgehead atoms. The molecule has 1 aliphatic heterocycles. The largest absolute Gasteiger partial charge is 0.388 e. The fourth-order valence-corrected chi connectivity index (χ4v) is 2.18. The van der Waals surface area contributed by atoms with Crippen LogP contribution in [0.25, 0.3) is 0 Å². The van der Waals surface area contributed by atoms with Gasteiger partial charge in [-0.25, -0.2) is 4.39 Å². The third-order valence-electron chi connectivity index (χ3n) is 3.43. The van der Waals surface area contributed by atoms with Crippen LogP contribution in [0, 0.1) is 12.7 Å². The summed E-state index contributed by atoms with van der Waals surface area (Å²) < 4.78 is 18.3. The van der Waals surface area contributed by atoms with Crippen LogP contribution in [-0.2, 0) is 11.3 Å². The zero-order chi connectivity index (χ0) is 13.0. The smallest absolute Gasteiger partial charge is 0.126 e. The fraction of sp³-hybridized carbons (Fsp3) is 0.571. The van der Waals surface area contributed by atoms with Gasteiger partial charge in [0.2, 0.25) is 0 Å². The van der Waals surface area contributed by atoms with Gasteiger partial charge >= 0.3 is 0 Å². The summed E-state index contributed by atoms with van der Waals surface area (Å²) in [7, 11) is 0. The van der Waals surface area contributed by atoms with Gasteiger partial charge in [0.15, 0.2) is 0 Å². The molecule has 1 saturated heterocycles. The van der Waals surface area contributed by atoms with Crippen LogP contribution in [0.1, 0.15) is 24.0 Å². The normalized spacial score (nSPS) is 18.8. The van der Waals surface area contributed by atoms with Crippen molar-refractivity contribution in [2.75, 3.05) is 19.8 Å². The number of hydrogen-bond donors (Lipinski definition) is 2. The molecular formula is C14H20FNO2. The quantitative estimate of drug-likeness (QED) is 0.859. The highest BCUT2D eigenvalue weighted by molar-refractivity contribution is 5.23. The molecular weight excluding hydrogens is 233 g/mol. The monoisotopic (exact) mass is 253 g/mol. The van der Waals surface area contributed by atoms with E-state index in [2.05, 4.69) is 5.32 Å². The minimum absolute atomic E-state index is 0.179. The first-order valence-corrected chi connectivity index (χ1v) is 6.35. The molecule has 0 amide bonds. The number of halogens is 1. The molecule has 0 unspecified atom stereocenters. The van der Waals surface area contributed by atoms with Gasteiger partial charge in [-0.1, -0.05) is 12.1 Å². The first-order valence-electron chi connectivity index (χ1n) is 6.35. The van der Waals surface area contributed by atoms with Crippen LogP contribution < -0.4 is 5.32 Å². The topological polar surface area (TPSA) is 41.5 Å². The molecule has 18 heavy (non-hydrogen) atoms. The molecule has 0 aromatic heterocycles. The Morgan fingerprint density at radius 2 is 2.11 bits per heavy atom. The summed E-state index contributed by atoms with van der Waals surface area (Å²) in [6.07, 6.45) is 1.34. The van der Waals surface area contributed by atoms with Crippen LogP contribution in [0.3, 0.4) is 0 Å². The van der Waals surface area contributed by atoms with E-state index in [-0.39, 0.29) is 5.82 Å². The molecule has 0 atom stereocenters. The fourth-order valence-electron chi connectivity index (χ4n) is 2.18. The van der Waals surface area contributed by atoms with E-state index < -0.39 is 5.60 Å². The highest BCUT2D eigenvalue weighted by atomic mass is 19.1. The van der Waals surface area contributed by atoms with Crippen LogP contribution in [0.2, 0.25) is 0 Å². The molecule has 2 N–H and O–H groups in total. The molecule has 3 nitrogen and oxygen atoms in total. The van der Waals surface area contributed by atoms with Crippen molar-refractivity contribution >= 4 is 0 Å². The first-order chi connectivity index (χ1) is 8.59. The summed E-state index contributed by atoms with van der Waals surface area (Å²) in [6.45, 7) is 4.18. The number of nitrogens with one attached hydrogen (secondary N) is 1. The van der Waals surface area contributed by atoms with Crippen molar-refractivity contribution in [3.05, 3.63) is 35.1 Å². The van der Waals surface area contributed by atoms with E-state index in [4.69, 9.17) is 4.74 Å². The van der Waals surface area contributed by atoms with E-state index in [0.29, 0.717) is 44.7 Å². The average molecular weight is 253 g/mol. The summed E-state index contributed by atoms with van der Waals surface area (Å²) >= 11 is 0. The van der Waals surface area contributed by atoms with Gasteiger partial charge in [-0.3, -0.25) is 0 Å². The molecule has 1 aliphatic rings. The Labute approximate surface area is 107 Å². The number of rotatable bonds is 4. The second-order valence-corrected chi connectivity index (χ2v) is 5.02. The Balaban J connectivity index is 1.82. The molecule has 100 valence electrons. The van der Waals surface area contributed by atoms with Crippen molar-refractivity contribution in [1.82, 2.24) is 5.32 Å². The summed E-state index contributed by atoms with van der Waals surface area (Å²) in [6, 6.07) is 5.08. The Kier molecular flexibility index (Phi) is 4.32. The number of hydrogen-bond acceptors (Lipinski definition) is 3. The lowest BCUT2D eigenvalue weighted by atomic mass is 9.94. The maximum absolute atomic E-state index is 13.1. The highest BCUT2D eigenvalue weighted by Crippen LogP contribution is 2.19. The summed E-state index contributed by atoms with van der Waals surface area (Å²) in [5.74, 6) is -0.179. The van der Waals surface area contributed by atoms with Crippen LogP contribution >= 0.6 is 0 Å². The van der Waals surface area contributed by atoms with E-state index in [0.717, 1.165) is 5.56 Å². The number of ether oxygens (including phenoxy) is 1. The molecule has 1 fully saturated rings. The van der Waals surface area contributed by atoms with Crippen LogP contribution in [0.15, 0.2) is 18.2 Å². The van der Waals surface area contributed by atoms with E-state index in [1.54, 1.807) is 13.0 Å². The maximum atomic E-state index is 13.1. The van der Waals surface area contributed by atoms with Crippen LogP contribution in [-0.4, -0.2) is 30.5 Å². The van der Waals surface area contributed by atoms with Crippen LogP contribution in [0.4, 0.5) is 4.39 Å². The van der Waals surface area contributed by atoms with E-state index in [9.17, 15) is 9.50 Å². The van der Waals surface area contributed by atoms with E-state index in [1.807, 2.05) is 6.07 Å². The SMILES string of the molecule is Cc1cc(CNCC2(O)CCOCC2)ccc1F. The predicted molar refractivity (Wildman–Crippen MR) is 67.8 cm³/mol. The summed E-state index contributed by atoms with van der Waals surface area (Å²) in [4.78, 5) is 0. The van der Waals surface area contributed by atoms with Crippen LogP contribution in [0.5, 0.6) is 0 Å². The van der Waals surface area contributed by atoms with Crippen molar-refractivity contribution in [1.29, 1.82) is 0 Å². The predicted octanol–water partition coefficient (Wildman–Crippen LogP) is 1.77. The molecule has 2 rings (SSSR count). The second kappa shape index (κ2) is 5.78. The highest BCUT2D eigenvalue weighted by Gasteiger charge is 2.28. The molecule has 0 aliphatic carbocycles. The lowest BCUT2D eigenvalue weighted by Gasteiger charge is -2.32. The molecule has 1 aromatic rings. The van der Waals surface area contributed by atoms with Gasteiger partial charge in [0.1, 0.15) is 5.82 Å². The zero-order valence-electron chi connectivity index (χ0n) is 10.7. The molecule has 1 heterocycles. The minimum atomic E-state index is -0.659. The number of aryl methyl sites for hydroxylation is 1. The van der Waals surface area contributed by atoms with E-state index in [1.165, 1.54) is 6.07 Å². The average Bonchev–Trinajstić information content (AvgIpc) is 2.34. The maximum Gasteiger partial charge on any atom is 0.126 e. The van der Waals surface area contributed by atoms with Crippen molar-refractivity contribution < 1.29 is 14.2 Å². The number of aliphatic hydroxyl groups is 1. The van der Waals surface area contributed by atoms with Gasteiger partial charge in [0, 0.05) is 39.1 Å². The van der Waals surface area contributed by atoms with Crippen molar-refractivity contribution in [2.45, 2.75) is 31.9 Å². The Morgan fingerprint density at radius 3 is 2.78 bits per heavy atom. The Morgan fingerprint density at radius 1 is 1.39 bits per heavy atom. The van der Waals surface area contributed by atoms with E-state index >= 15 is 0 Å². The van der Waals surface area contributed by atoms with Gasteiger partial charge in [0.05, 0.1) is 5.60 Å². The standard InChI is InChI=1S/C14H20FNO2/c1-11-8-12(2-3-13(11)15)9-16-10-14(17)4-6-18-7-5-14/h2-3,8,16-17H,4-7,9-10H2,1H3. The van der Waals surface area contributed by atoms with Gasteiger partial charge < -0.3 is 15.2 Å². The molecule has 0 saturated carbocycles. The minimum Gasteiger partial charge on any atom is -0.388 e. The zero-order valence-corrected chi connectivity index (χ0v) is 10.7. The van der Waals surface area contributed by atoms with Crippen molar-refractivity contribution in [3.63, 3.8) is 0 Å². The molecule has 0 spiro atoms. The second-order valence-electron chi connectivity index (χ2n) is 5.02. The summed E-state index contributed by atoms with van der Waals surface area (Å²) in [5, 5.41) is 13.5. The molecule has 0 radical (unpaired) electrons. The van der Waals surface area contributed by atoms with Crippen molar-refractivity contribution in [2.24, 2.45) is 0 Å².